The minimum Gasteiger partial charge on any atom is -0.459 e. The van der Waals surface area contributed by atoms with Crippen molar-refractivity contribution in [3.05, 3.63) is 90.2 Å². The Morgan fingerprint density at radius 3 is 2.15 bits per heavy atom. The van der Waals surface area contributed by atoms with E-state index >= 15 is 0 Å². The number of benzene rings is 2. The summed E-state index contributed by atoms with van der Waals surface area (Å²) in [5.41, 5.74) is 2.14. The number of nitrogens with one attached hydrogen (secondary N) is 1. The van der Waals surface area contributed by atoms with Crippen LogP contribution in [-0.4, -0.2) is 16.1 Å². The molecule has 2 aromatic heterocycles. The summed E-state index contributed by atoms with van der Waals surface area (Å²) in [7, 11) is 0. The molecule has 0 saturated heterocycles. The van der Waals surface area contributed by atoms with Gasteiger partial charge in [-0.05, 0) is 23.3 Å². The fourth-order valence-corrected chi connectivity index (χ4v) is 2.93. The molecule has 0 aliphatic rings. The van der Waals surface area contributed by atoms with E-state index < -0.39 is 0 Å². The number of hydrogen-bond acceptors (Lipinski definition) is 5. The molecule has 0 spiro atoms. The molecule has 0 atom stereocenters. The Morgan fingerprint density at radius 2 is 1.56 bits per heavy atom. The highest BCUT2D eigenvalue weighted by atomic mass is 16.4. The third kappa shape index (κ3) is 3.95. The number of aromatic nitrogens is 2. The van der Waals surface area contributed by atoms with E-state index in [9.17, 15) is 4.79 Å². The molecule has 6 nitrogen and oxygen atoms in total. The second-order valence-electron chi connectivity index (χ2n) is 6.02. The molecule has 134 valence electrons. The van der Waals surface area contributed by atoms with E-state index in [1.54, 1.807) is 12.1 Å². The van der Waals surface area contributed by atoms with Crippen LogP contribution in [0.5, 0.6) is 0 Å². The van der Waals surface area contributed by atoms with Gasteiger partial charge in [-0.3, -0.25) is 10.1 Å². The van der Waals surface area contributed by atoms with Crippen molar-refractivity contribution in [1.29, 1.82) is 0 Å². The van der Waals surface area contributed by atoms with E-state index in [1.165, 1.54) is 6.26 Å². The molecule has 1 amide bonds. The summed E-state index contributed by atoms with van der Waals surface area (Å²) < 4.78 is 10.7. The molecular formula is C21H17N3O3. The molecule has 0 aliphatic heterocycles. The summed E-state index contributed by atoms with van der Waals surface area (Å²) in [6.45, 7) is 0. The van der Waals surface area contributed by atoms with Crippen molar-refractivity contribution in [2.75, 3.05) is 5.32 Å². The number of nitrogens with zero attached hydrogens (tertiary/aromatic N) is 2. The van der Waals surface area contributed by atoms with Crippen molar-refractivity contribution >= 4 is 11.9 Å². The molecule has 27 heavy (non-hydrogen) atoms. The third-order valence-electron chi connectivity index (χ3n) is 4.20. The average Bonchev–Trinajstić information content (AvgIpc) is 3.39. The fourth-order valence-electron chi connectivity index (χ4n) is 2.93. The number of furan rings is 1. The van der Waals surface area contributed by atoms with Crippen LogP contribution in [0.4, 0.5) is 6.01 Å². The van der Waals surface area contributed by atoms with Gasteiger partial charge < -0.3 is 8.83 Å². The maximum atomic E-state index is 12.6. The van der Waals surface area contributed by atoms with Crippen LogP contribution < -0.4 is 5.32 Å². The molecule has 2 heterocycles. The lowest BCUT2D eigenvalue weighted by Gasteiger charge is -2.17. The van der Waals surface area contributed by atoms with Gasteiger partial charge in [-0.15, -0.1) is 5.10 Å². The zero-order chi connectivity index (χ0) is 18.5. The van der Waals surface area contributed by atoms with Gasteiger partial charge in [0.15, 0.2) is 5.76 Å². The van der Waals surface area contributed by atoms with E-state index in [0.717, 1.165) is 11.1 Å². The van der Waals surface area contributed by atoms with Crippen LogP contribution in [0.25, 0.3) is 11.7 Å². The predicted molar refractivity (Wildman–Crippen MR) is 100.0 cm³/mol. The van der Waals surface area contributed by atoms with Crippen LogP contribution in [0.1, 0.15) is 23.5 Å². The molecule has 0 aliphatic carbocycles. The van der Waals surface area contributed by atoms with Crippen molar-refractivity contribution in [1.82, 2.24) is 10.2 Å². The molecule has 0 saturated carbocycles. The van der Waals surface area contributed by atoms with Crippen molar-refractivity contribution in [3.63, 3.8) is 0 Å². The summed E-state index contributed by atoms with van der Waals surface area (Å²) in [6.07, 6.45) is 1.77. The Morgan fingerprint density at radius 1 is 0.889 bits per heavy atom. The maximum Gasteiger partial charge on any atom is 0.322 e. The summed E-state index contributed by atoms with van der Waals surface area (Å²) >= 11 is 0. The number of carbonyl (C=O) groups is 1. The zero-order valence-electron chi connectivity index (χ0n) is 14.4. The second-order valence-corrected chi connectivity index (χ2v) is 6.02. The summed E-state index contributed by atoms with van der Waals surface area (Å²) in [4.78, 5) is 12.6. The minimum absolute atomic E-state index is 0.0475. The highest BCUT2D eigenvalue weighted by Gasteiger charge is 2.20. The third-order valence-corrected chi connectivity index (χ3v) is 4.20. The molecule has 0 radical (unpaired) electrons. The van der Waals surface area contributed by atoms with Gasteiger partial charge in [-0.1, -0.05) is 65.8 Å². The smallest absolute Gasteiger partial charge is 0.322 e. The van der Waals surface area contributed by atoms with Crippen LogP contribution in [0, 0.1) is 0 Å². The van der Waals surface area contributed by atoms with Crippen molar-refractivity contribution in [2.45, 2.75) is 12.3 Å². The molecule has 0 bridgehead atoms. The first-order valence-corrected chi connectivity index (χ1v) is 8.57. The first-order valence-electron chi connectivity index (χ1n) is 8.57. The molecule has 0 fully saturated rings. The molecule has 4 aromatic rings. The summed E-state index contributed by atoms with van der Waals surface area (Å²) in [5, 5.41) is 10.4. The molecule has 1 N–H and O–H groups in total. The van der Waals surface area contributed by atoms with Gasteiger partial charge in [-0.2, -0.15) is 0 Å². The van der Waals surface area contributed by atoms with Crippen LogP contribution in [-0.2, 0) is 4.79 Å². The highest BCUT2D eigenvalue weighted by Crippen LogP contribution is 2.28. The molecule has 0 unspecified atom stereocenters. The summed E-state index contributed by atoms with van der Waals surface area (Å²) in [6, 6.07) is 23.4. The zero-order valence-corrected chi connectivity index (χ0v) is 14.4. The average molecular weight is 359 g/mol. The van der Waals surface area contributed by atoms with Gasteiger partial charge >= 0.3 is 6.01 Å². The Labute approximate surface area is 155 Å². The Kier molecular flexibility index (Phi) is 4.78. The van der Waals surface area contributed by atoms with Gasteiger partial charge in [0.05, 0.1) is 6.26 Å². The van der Waals surface area contributed by atoms with Crippen LogP contribution >= 0.6 is 0 Å². The van der Waals surface area contributed by atoms with Crippen molar-refractivity contribution in [2.24, 2.45) is 0 Å². The van der Waals surface area contributed by atoms with E-state index in [4.69, 9.17) is 8.83 Å². The highest BCUT2D eigenvalue weighted by molar-refractivity contribution is 5.89. The quantitative estimate of drug-likeness (QED) is 0.548. The first-order chi connectivity index (χ1) is 13.3. The number of rotatable bonds is 6. The van der Waals surface area contributed by atoms with Crippen LogP contribution in [0.2, 0.25) is 0 Å². The van der Waals surface area contributed by atoms with Crippen LogP contribution in [0.15, 0.2) is 87.9 Å². The van der Waals surface area contributed by atoms with Crippen molar-refractivity contribution < 1.29 is 13.6 Å². The Balaban J connectivity index is 1.51. The normalized spacial score (nSPS) is 10.9. The predicted octanol–water partition coefficient (Wildman–Crippen LogP) is 4.49. The van der Waals surface area contributed by atoms with E-state index in [2.05, 4.69) is 15.5 Å². The van der Waals surface area contributed by atoms with E-state index in [0.29, 0.717) is 5.76 Å². The number of anilines is 1. The van der Waals surface area contributed by atoms with Gasteiger partial charge in [0.2, 0.25) is 5.91 Å². The topological polar surface area (TPSA) is 81.2 Å². The number of hydrogen-bond donors (Lipinski definition) is 1. The van der Waals surface area contributed by atoms with Gasteiger partial charge in [0.1, 0.15) is 0 Å². The van der Waals surface area contributed by atoms with Crippen LogP contribution in [0.3, 0.4) is 0 Å². The fraction of sp³-hybridized carbons (Fsp3) is 0.0952. The maximum absolute atomic E-state index is 12.6. The standard InChI is InChI=1S/C21H17N3O3/c25-19(22-21-24-23-20(27-21)18-12-7-13-26-18)14-17(15-8-3-1-4-9-15)16-10-5-2-6-11-16/h1-13,17H,14H2,(H,22,24,25). The van der Waals surface area contributed by atoms with E-state index in [-0.39, 0.29) is 30.2 Å². The molecular weight excluding hydrogens is 342 g/mol. The first kappa shape index (κ1) is 16.8. The lowest BCUT2D eigenvalue weighted by Crippen LogP contribution is -2.16. The lowest BCUT2D eigenvalue weighted by molar-refractivity contribution is -0.116. The largest absolute Gasteiger partial charge is 0.459 e. The SMILES string of the molecule is O=C(CC(c1ccccc1)c1ccccc1)Nc1nnc(-c2ccco2)o1. The molecule has 2 aromatic carbocycles. The van der Waals surface area contributed by atoms with Gasteiger partial charge in [0.25, 0.3) is 5.89 Å². The van der Waals surface area contributed by atoms with Gasteiger partial charge in [-0.25, -0.2) is 0 Å². The van der Waals surface area contributed by atoms with Gasteiger partial charge in [0, 0.05) is 12.3 Å². The monoisotopic (exact) mass is 359 g/mol. The number of amides is 1. The molecule has 6 heteroatoms. The summed E-state index contributed by atoms with van der Waals surface area (Å²) in [5.74, 6) is 0.398. The Bertz CT molecular complexity index is 956. The minimum atomic E-state index is -0.206. The van der Waals surface area contributed by atoms with E-state index in [1.807, 2.05) is 60.7 Å². The Hall–Kier alpha value is -3.67. The number of carbonyl (C=O) groups excluding carboxylic acids is 1. The van der Waals surface area contributed by atoms with Crippen molar-refractivity contribution in [3.8, 4) is 11.7 Å². The lowest BCUT2D eigenvalue weighted by atomic mass is 9.88. The second kappa shape index (κ2) is 7.70. The molecule has 4 rings (SSSR count).